The minimum absolute atomic E-state index is 0.839. The highest BCUT2D eigenvalue weighted by molar-refractivity contribution is 14.1. The Morgan fingerprint density at radius 3 is 3.00 bits per heavy atom. The summed E-state index contributed by atoms with van der Waals surface area (Å²) in [6.07, 6.45) is 4.59. The summed E-state index contributed by atoms with van der Waals surface area (Å²) in [5, 5.41) is 0. The Hall–Kier alpha value is -0.0100. The lowest BCUT2D eigenvalue weighted by Gasteiger charge is -2.04. The second-order valence-corrected chi connectivity index (χ2v) is 6.56. The predicted molar refractivity (Wildman–Crippen MR) is 87.5 cm³/mol. The highest BCUT2D eigenvalue weighted by Crippen LogP contribution is 2.18. The molecule has 1 aromatic carbocycles. The van der Waals surface area contributed by atoms with E-state index in [0.29, 0.717) is 0 Å². The summed E-state index contributed by atoms with van der Waals surface area (Å²) in [7, 11) is 0. The van der Waals surface area contributed by atoms with Gasteiger partial charge in [-0.2, -0.15) is 11.8 Å². The number of hydrogen-bond acceptors (Lipinski definition) is 2. The molecule has 5 heteroatoms. The molecular formula is C12H15IN2S2. The molecule has 2 aromatic rings. The normalized spacial score (nSPS) is 11.2. The molecule has 0 saturated carbocycles. The number of fused-ring (bicyclic) bond motifs is 1. The van der Waals surface area contributed by atoms with Gasteiger partial charge in [0.2, 0.25) is 0 Å². The zero-order chi connectivity index (χ0) is 12.3. The number of thioether (sulfide) groups is 1. The van der Waals surface area contributed by atoms with Crippen molar-refractivity contribution >= 4 is 57.6 Å². The van der Waals surface area contributed by atoms with Crippen molar-refractivity contribution < 1.29 is 0 Å². The van der Waals surface area contributed by atoms with Crippen LogP contribution in [0.25, 0.3) is 11.0 Å². The molecule has 2 nitrogen and oxygen atoms in total. The minimum atomic E-state index is 0.839. The molecule has 1 aromatic heterocycles. The van der Waals surface area contributed by atoms with E-state index in [1.807, 2.05) is 11.8 Å². The maximum Gasteiger partial charge on any atom is 0.178 e. The summed E-state index contributed by atoms with van der Waals surface area (Å²) >= 11 is 9.60. The van der Waals surface area contributed by atoms with Crippen LogP contribution in [0.5, 0.6) is 0 Å². The van der Waals surface area contributed by atoms with Crippen LogP contribution in [0.4, 0.5) is 0 Å². The first-order valence-corrected chi connectivity index (χ1v) is 8.47. The average Bonchev–Trinajstić information content (AvgIpc) is 2.60. The second kappa shape index (κ2) is 6.24. The predicted octanol–water partition coefficient (Wildman–Crippen LogP) is 4.45. The fraction of sp³-hybridized carbons (Fsp3) is 0.417. The molecule has 0 radical (unpaired) electrons. The first-order valence-electron chi connectivity index (χ1n) is 5.59. The molecule has 0 spiro atoms. The van der Waals surface area contributed by atoms with Gasteiger partial charge in [0.05, 0.1) is 11.0 Å². The molecule has 0 bridgehead atoms. The van der Waals surface area contributed by atoms with Crippen LogP contribution in [-0.4, -0.2) is 21.6 Å². The molecule has 0 aliphatic heterocycles. The van der Waals surface area contributed by atoms with Crippen LogP contribution >= 0.6 is 46.6 Å². The van der Waals surface area contributed by atoms with E-state index in [9.17, 15) is 0 Å². The van der Waals surface area contributed by atoms with Crippen LogP contribution < -0.4 is 0 Å². The smallest absolute Gasteiger partial charge is 0.178 e. The number of aromatic amines is 1. The molecule has 92 valence electrons. The Balaban J connectivity index is 2.21. The van der Waals surface area contributed by atoms with Crippen molar-refractivity contribution in [2.75, 3.05) is 12.0 Å². The van der Waals surface area contributed by atoms with Crippen molar-refractivity contribution in [1.29, 1.82) is 0 Å². The quantitative estimate of drug-likeness (QED) is 0.472. The topological polar surface area (TPSA) is 20.7 Å². The third kappa shape index (κ3) is 3.26. The zero-order valence-corrected chi connectivity index (χ0v) is 13.5. The van der Waals surface area contributed by atoms with Crippen molar-refractivity contribution in [3.63, 3.8) is 0 Å². The summed E-state index contributed by atoms with van der Waals surface area (Å²) in [4.78, 5) is 3.28. The third-order valence-corrected chi connectivity index (χ3v) is 4.41. The standard InChI is InChI=1S/C12H15IN2S2/c1-17-7-3-2-6-15-11-5-4-9(13)8-10(11)14-12(15)16/h4-5,8H,2-3,6-7H2,1H3,(H,14,16). The Morgan fingerprint density at radius 1 is 1.41 bits per heavy atom. The number of aryl methyl sites for hydroxylation is 1. The molecular weight excluding hydrogens is 363 g/mol. The van der Waals surface area contributed by atoms with Crippen LogP contribution in [0.3, 0.4) is 0 Å². The van der Waals surface area contributed by atoms with Crippen LogP contribution in [0, 0.1) is 8.34 Å². The molecule has 1 heterocycles. The van der Waals surface area contributed by atoms with Crippen LogP contribution in [-0.2, 0) is 6.54 Å². The molecule has 0 amide bonds. The van der Waals surface area contributed by atoms with Crippen molar-refractivity contribution in [2.24, 2.45) is 0 Å². The number of imidazole rings is 1. The van der Waals surface area contributed by atoms with Gasteiger partial charge in [-0.1, -0.05) is 0 Å². The fourth-order valence-electron chi connectivity index (χ4n) is 1.87. The lowest BCUT2D eigenvalue weighted by atomic mass is 10.3. The SMILES string of the molecule is CSCCCCn1c(=S)[nH]c2cc(I)ccc21. The second-order valence-electron chi connectivity index (χ2n) is 3.94. The summed E-state index contributed by atoms with van der Waals surface area (Å²) in [6.45, 7) is 1.01. The molecule has 1 N–H and O–H groups in total. The zero-order valence-electron chi connectivity index (χ0n) is 9.70. The first kappa shape index (κ1) is 13.4. The highest BCUT2D eigenvalue weighted by atomic mass is 127. The van der Waals surface area contributed by atoms with E-state index in [2.05, 4.69) is 56.6 Å². The molecule has 0 fully saturated rings. The van der Waals surface area contributed by atoms with Gasteiger partial charge in [-0.25, -0.2) is 0 Å². The number of nitrogens with one attached hydrogen (secondary N) is 1. The number of benzene rings is 1. The van der Waals surface area contributed by atoms with Gasteiger partial charge in [0.1, 0.15) is 0 Å². The van der Waals surface area contributed by atoms with Crippen molar-refractivity contribution in [2.45, 2.75) is 19.4 Å². The van der Waals surface area contributed by atoms with Gasteiger partial charge in [0.15, 0.2) is 4.77 Å². The highest BCUT2D eigenvalue weighted by Gasteiger charge is 2.04. The molecule has 0 aliphatic rings. The van der Waals surface area contributed by atoms with Crippen molar-refractivity contribution in [3.8, 4) is 0 Å². The lowest BCUT2D eigenvalue weighted by molar-refractivity contribution is 0.643. The maximum atomic E-state index is 5.37. The van der Waals surface area contributed by atoms with Gasteiger partial charge in [-0.3, -0.25) is 0 Å². The monoisotopic (exact) mass is 378 g/mol. The molecule has 0 unspecified atom stereocenters. The van der Waals surface area contributed by atoms with Gasteiger partial charge in [0, 0.05) is 10.1 Å². The largest absolute Gasteiger partial charge is 0.331 e. The van der Waals surface area contributed by atoms with E-state index in [0.717, 1.165) is 16.8 Å². The number of unbranched alkanes of at least 4 members (excludes halogenated alkanes) is 1. The first-order chi connectivity index (χ1) is 8.22. The number of nitrogens with zero attached hydrogens (tertiary/aromatic N) is 1. The minimum Gasteiger partial charge on any atom is -0.331 e. The Kier molecular flexibility index (Phi) is 4.93. The lowest BCUT2D eigenvalue weighted by Crippen LogP contribution is -1.98. The van der Waals surface area contributed by atoms with Crippen LogP contribution in [0.2, 0.25) is 0 Å². The van der Waals surface area contributed by atoms with E-state index in [1.54, 1.807) is 0 Å². The fourth-order valence-corrected chi connectivity index (χ4v) is 3.16. The molecule has 2 rings (SSSR count). The Morgan fingerprint density at radius 2 is 2.24 bits per heavy atom. The van der Waals surface area contributed by atoms with Crippen LogP contribution in [0.15, 0.2) is 18.2 Å². The summed E-state index contributed by atoms with van der Waals surface area (Å²) in [5.74, 6) is 1.23. The summed E-state index contributed by atoms with van der Waals surface area (Å²) < 4.78 is 4.29. The Bertz CT molecular complexity index is 559. The van der Waals surface area contributed by atoms with Crippen molar-refractivity contribution in [3.05, 3.63) is 26.5 Å². The van der Waals surface area contributed by atoms with Gasteiger partial charge >= 0.3 is 0 Å². The summed E-state index contributed by atoms with van der Waals surface area (Å²) in [6, 6.07) is 6.42. The third-order valence-electron chi connectivity index (χ3n) is 2.72. The number of aromatic nitrogens is 2. The Labute approximate surface area is 124 Å². The molecule has 0 saturated heterocycles. The van der Waals surface area contributed by atoms with E-state index in [1.165, 1.54) is 27.7 Å². The van der Waals surface area contributed by atoms with Gasteiger partial charge in [-0.05, 0) is 77.9 Å². The maximum absolute atomic E-state index is 5.37. The number of halogens is 1. The van der Waals surface area contributed by atoms with E-state index >= 15 is 0 Å². The van der Waals surface area contributed by atoms with Gasteiger partial charge < -0.3 is 9.55 Å². The van der Waals surface area contributed by atoms with E-state index in [-0.39, 0.29) is 0 Å². The van der Waals surface area contributed by atoms with Crippen molar-refractivity contribution in [1.82, 2.24) is 9.55 Å². The molecule has 17 heavy (non-hydrogen) atoms. The van der Waals surface area contributed by atoms with E-state index < -0.39 is 0 Å². The number of rotatable bonds is 5. The molecule has 0 aliphatic carbocycles. The summed E-state index contributed by atoms with van der Waals surface area (Å²) in [5.41, 5.74) is 2.37. The average molecular weight is 378 g/mol. The number of hydrogen-bond donors (Lipinski definition) is 1. The van der Waals surface area contributed by atoms with E-state index in [4.69, 9.17) is 12.2 Å². The van der Waals surface area contributed by atoms with Crippen LogP contribution in [0.1, 0.15) is 12.8 Å². The van der Waals surface area contributed by atoms with Gasteiger partial charge in [-0.15, -0.1) is 0 Å². The molecule has 0 atom stereocenters. The number of H-pyrrole nitrogens is 1. The van der Waals surface area contributed by atoms with Gasteiger partial charge in [0.25, 0.3) is 0 Å².